The van der Waals surface area contributed by atoms with Gasteiger partial charge in [-0.3, -0.25) is 4.79 Å². The summed E-state index contributed by atoms with van der Waals surface area (Å²) in [5.74, 6) is 3.19. The lowest BCUT2D eigenvalue weighted by molar-refractivity contribution is 0.102. The predicted octanol–water partition coefficient (Wildman–Crippen LogP) is 3.27. The molecule has 1 rings (SSSR count). The summed E-state index contributed by atoms with van der Waals surface area (Å²) in [6.07, 6.45) is 0. The average molecular weight is 238 g/mol. The van der Waals surface area contributed by atoms with E-state index in [4.69, 9.17) is 4.74 Å². The Labute approximate surface area is 101 Å². The highest BCUT2D eigenvalue weighted by molar-refractivity contribution is 7.99. The molecule has 88 valence electrons. The van der Waals surface area contributed by atoms with Crippen LogP contribution in [0, 0.1) is 5.92 Å². The van der Waals surface area contributed by atoms with Crippen molar-refractivity contribution in [2.45, 2.75) is 13.8 Å². The molecule has 0 unspecified atom stereocenters. The third kappa shape index (κ3) is 4.27. The van der Waals surface area contributed by atoms with Gasteiger partial charge in [-0.2, -0.15) is 11.8 Å². The zero-order valence-corrected chi connectivity index (χ0v) is 10.8. The van der Waals surface area contributed by atoms with Gasteiger partial charge in [-0.15, -0.1) is 0 Å². The molecule has 0 aromatic heterocycles. The van der Waals surface area contributed by atoms with Crippen molar-refractivity contribution < 1.29 is 9.53 Å². The van der Waals surface area contributed by atoms with Crippen LogP contribution in [0.3, 0.4) is 0 Å². The maximum atomic E-state index is 11.8. The first-order chi connectivity index (χ1) is 7.63. The number of hydrogen-bond acceptors (Lipinski definition) is 3. The third-order valence-electron chi connectivity index (χ3n) is 2.10. The molecule has 0 radical (unpaired) electrons. The average Bonchev–Trinajstić information content (AvgIpc) is 2.28. The van der Waals surface area contributed by atoms with Crippen LogP contribution in [0.5, 0.6) is 5.75 Å². The molecular weight excluding hydrogens is 220 g/mol. The smallest absolute Gasteiger partial charge is 0.172 e. The molecule has 0 fully saturated rings. The van der Waals surface area contributed by atoms with Crippen molar-refractivity contribution in [3.63, 3.8) is 0 Å². The second-order valence-corrected chi connectivity index (χ2v) is 5.09. The molecule has 0 saturated carbocycles. The Morgan fingerprint density at radius 3 is 2.44 bits per heavy atom. The Morgan fingerprint density at radius 2 is 1.94 bits per heavy atom. The van der Waals surface area contributed by atoms with E-state index in [1.165, 1.54) is 0 Å². The SMILES string of the molecule is COc1ccc(C(=O)CSCC(C)C)cc1. The molecule has 3 heteroatoms. The maximum Gasteiger partial charge on any atom is 0.172 e. The Hall–Kier alpha value is -0.960. The minimum absolute atomic E-state index is 0.188. The molecule has 0 aliphatic carbocycles. The van der Waals surface area contributed by atoms with E-state index in [2.05, 4.69) is 13.8 Å². The molecule has 0 N–H and O–H groups in total. The van der Waals surface area contributed by atoms with Crippen LogP contribution in [0.1, 0.15) is 24.2 Å². The van der Waals surface area contributed by atoms with Crippen molar-refractivity contribution in [1.29, 1.82) is 0 Å². The summed E-state index contributed by atoms with van der Waals surface area (Å²) >= 11 is 1.69. The highest BCUT2D eigenvalue weighted by atomic mass is 32.2. The van der Waals surface area contributed by atoms with Crippen LogP contribution in [0.4, 0.5) is 0 Å². The molecule has 1 aromatic rings. The van der Waals surface area contributed by atoms with Crippen LogP contribution >= 0.6 is 11.8 Å². The molecule has 0 aliphatic rings. The second kappa shape index (κ2) is 6.59. The van der Waals surface area contributed by atoms with Gasteiger partial charge >= 0.3 is 0 Å². The van der Waals surface area contributed by atoms with Crippen molar-refractivity contribution in [2.75, 3.05) is 18.6 Å². The van der Waals surface area contributed by atoms with Crippen LogP contribution in [0.15, 0.2) is 24.3 Å². The number of hydrogen-bond donors (Lipinski definition) is 0. The van der Waals surface area contributed by atoms with E-state index >= 15 is 0 Å². The lowest BCUT2D eigenvalue weighted by Gasteiger charge is -2.05. The number of carbonyl (C=O) groups excluding carboxylic acids is 1. The van der Waals surface area contributed by atoms with E-state index in [9.17, 15) is 4.79 Å². The first-order valence-corrected chi connectivity index (χ1v) is 6.54. The predicted molar refractivity (Wildman–Crippen MR) is 69.5 cm³/mol. The lowest BCUT2D eigenvalue weighted by Crippen LogP contribution is -2.04. The Kier molecular flexibility index (Phi) is 5.39. The van der Waals surface area contributed by atoms with E-state index in [-0.39, 0.29) is 5.78 Å². The first kappa shape index (κ1) is 13.1. The van der Waals surface area contributed by atoms with Crippen molar-refractivity contribution >= 4 is 17.5 Å². The summed E-state index contributed by atoms with van der Waals surface area (Å²) in [5.41, 5.74) is 0.761. The summed E-state index contributed by atoms with van der Waals surface area (Å²) in [7, 11) is 1.62. The third-order valence-corrected chi connectivity index (χ3v) is 3.47. The zero-order valence-electron chi connectivity index (χ0n) is 10.0. The quantitative estimate of drug-likeness (QED) is 0.711. The van der Waals surface area contributed by atoms with Crippen molar-refractivity contribution in [3.8, 4) is 5.75 Å². The molecule has 0 heterocycles. The summed E-state index contributed by atoms with van der Waals surface area (Å²) in [6, 6.07) is 7.27. The topological polar surface area (TPSA) is 26.3 Å². The first-order valence-electron chi connectivity index (χ1n) is 5.38. The van der Waals surface area contributed by atoms with Crippen molar-refractivity contribution in [2.24, 2.45) is 5.92 Å². The number of ketones is 1. The largest absolute Gasteiger partial charge is 0.497 e. The molecule has 0 saturated heterocycles. The Balaban J connectivity index is 2.46. The fraction of sp³-hybridized carbons (Fsp3) is 0.462. The number of Topliss-reactive ketones (excluding diaryl/α,β-unsaturated/α-hetero) is 1. The summed E-state index contributed by atoms with van der Waals surface area (Å²) < 4.78 is 5.05. The van der Waals surface area contributed by atoms with Gasteiger partial charge in [0, 0.05) is 5.56 Å². The van der Waals surface area contributed by atoms with E-state index in [0.29, 0.717) is 11.7 Å². The van der Waals surface area contributed by atoms with E-state index < -0.39 is 0 Å². The summed E-state index contributed by atoms with van der Waals surface area (Å²) in [5, 5.41) is 0. The van der Waals surface area contributed by atoms with Gasteiger partial charge in [-0.1, -0.05) is 13.8 Å². The van der Waals surface area contributed by atoms with Crippen LogP contribution in [-0.2, 0) is 0 Å². The van der Waals surface area contributed by atoms with Crippen LogP contribution in [-0.4, -0.2) is 24.4 Å². The molecule has 0 bridgehead atoms. The molecule has 0 amide bonds. The van der Waals surface area contributed by atoms with Gasteiger partial charge < -0.3 is 4.74 Å². The summed E-state index contributed by atoms with van der Waals surface area (Å²) in [6.45, 7) is 4.32. The van der Waals surface area contributed by atoms with Gasteiger partial charge in [-0.05, 0) is 35.9 Å². The van der Waals surface area contributed by atoms with Gasteiger partial charge in [0.25, 0.3) is 0 Å². The van der Waals surface area contributed by atoms with E-state index in [1.807, 2.05) is 24.3 Å². The van der Waals surface area contributed by atoms with Gasteiger partial charge in [0.1, 0.15) is 5.75 Å². The maximum absolute atomic E-state index is 11.8. The molecule has 1 aromatic carbocycles. The zero-order chi connectivity index (χ0) is 12.0. The van der Waals surface area contributed by atoms with Gasteiger partial charge in [0.2, 0.25) is 0 Å². The van der Waals surface area contributed by atoms with E-state index in [0.717, 1.165) is 17.1 Å². The number of benzene rings is 1. The minimum Gasteiger partial charge on any atom is -0.497 e. The second-order valence-electron chi connectivity index (χ2n) is 4.06. The molecule has 0 atom stereocenters. The number of rotatable bonds is 6. The van der Waals surface area contributed by atoms with Crippen LogP contribution in [0.25, 0.3) is 0 Å². The monoisotopic (exact) mass is 238 g/mol. The van der Waals surface area contributed by atoms with Gasteiger partial charge in [-0.25, -0.2) is 0 Å². The number of ether oxygens (including phenoxy) is 1. The van der Waals surface area contributed by atoms with Gasteiger partial charge in [0.15, 0.2) is 5.78 Å². The fourth-order valence-electron chi connectivity index (χ4n) is 1.25. The Bertz CT molecular complexity index is 330. The number of carbonyl (C=O) groups is 1. The van der Waals surface area contributed by atoms with Crippen molar-refractivity contribution in [3.05, 3.63) is 29.8 Å². The minimum atomic E-state index is 0.188. The normalized spacial score (nSPS) is 10.5. The van der Waals surface area contributed by atoms with Crippen LogP contribution < -0.4 is 4.74 Å². The summed E-state index contributed by atoms with van der Waals surface area (Å²) in [4.78, 5) is 11.8. The lowest BCUT2D eigenvalue weighted by atomic mass is 10.1. The molecular formula is C13H18O2S. The molecule has 2 nitrogen and oxygen atoms in total. The standard InChI is InChI=1S/C13H18O2S/c1-10(2)8-16-9-13(14)11-4-6-12(15-3)7-5-11/h4-7,10H,8-9H2,1-3H3. The number of thioether (sulfide) groups is 1. The molecule has 0 aliphatic heterocycles. The number of methoxy groups -OCH3 is 1. The molecule has 16 heavy (non-hydrogen) atoms. The molecule has 0 spiro atoms. The highest BCUT2D eigenvalue weighted by Crippen LogP contribution is 2.14. The Morgan fingerprint density at radius 1 is 1.31 bits per heavy atom. The van der Waals surface area contributed by atoms with Crippen molar-refractivity contribution in [1.82, 2.24) is 0 Å². The van der Waals surface area contributed by atoms with Gasteiger partial charge in [0.05, 0.1) is 12.9 Å². The van der Waals surface area contributed by atoms with Crippen LogP contribution in [0.2, 0.25) is 0 Å². The van der Waals surface area contributed by atoms with E-state index in [1.54, 1.807) is 18.9 Å². The highest BCUT2D eigenvalue weighted by Gasteiger charge is 2.06. The fourth-order valence-corrected chi connectivity index (χ4v) is 2.19.